The third kappa shape index (κ3) is 5.61. The number of nitrogens with one attached hydrogen (secondary N) is 1. The quantitative estimate of drug-likeness (QED) is 0.389. The lowest BCUT2D eigenvalue weighted by atomic mass is 9.94. The Morgan fingerprint density at radius 3 is 2.48 bits per heavy atom. The van der Waals surface area contributed by atoms with Gasteiger partial charge in [0.1, 0.15) is 6.61 Å². The van der Waals surface area contributed by atoms with Crippen LogP contribution in [-0.2, 0) is 16.1 Å². The summed E-state index contributed by atoms with van der Waals surface area (Å²) in [5, 5.41) is 5.02. The monoisotopic (exact) mass is 439 g/mol. The molecule has 4 rings (SSSR count). The van der Waals surface area contributed by atoms with Gasteiger partial charge in [-0.1, -0.05) is 48.5 Å². The molecule has 4 aromatic rings. The van der Waals surface area contributed by atoms with Gasteiger partial charge in [-0.3, -0.25) is 9.78 Å². The molecule has 0 saturated carbocycles. The molecule has 1 amide bonds. The fourth-order valence-electron chi connectivity index (χ4n) is 3.66. The van der Waals surface area contributed by atoms with Gasteiger partial charge in [0.2, 0.25) is 5.91 Å². The molecular weight excluding hydrogens is 414 g/mol. The molecule has 0 radical (unpaired) electrons. The van der Waals surface area contributed by atoms with Gasteiger partial charge in [-0.2, -0.15) is 0 Å². The lowest BCUT2D eigenvalue weighted by Gasteiger charge is -2.17. The van der Waals surface area contributed by atoms with Crippen molar-refractivity contribution in [1.29, 1.82) is 0 Å². The van der Waals surface area contributed by atoms with E-state index < -0.39 is 0 Å². The van der Waals surface area contributed by atoms with Crippen LogP contribution in [0.2, 0.25) is 0 Å². The molecule has 0 aliphatic heterocycles. The van der Waals surface area contributed by atoms with Gasteiger partial charge in [-0.15, -0.1) is 0 Å². The molecule has 0 aliphatic rings. The lowest BCUT2D eigenvalue weighted by Crippen LogP contribution is -2.23. The first kappa shape index (κ1) is 22.2. The highest BCUT2D eigenvalue weighted by molar-refractivity contribution is 5.98. The number of ether oxygens (including phenoxy) is 1. The molecule has 6 nitrogen and oxygen atoms in total. The first-order chi connectivity index (χ1) is 16.1. The Balaban J connectivity index is 1.42. The number of fused-ring (bicyclic) bond motifs is 1. The molecule has 0 saturated heterocycles. The maximum absolute atomic E-state index is 13.0. The summed E-state index contributed by atoms with van der Waals surface area (Å²) < 4.78 is 5.38. The van der Waals surface area contributed by atoms with Crippen molar-refractivity contribution in [2.75, 3.05) is 11.9 Å². The van der Waals surface area contributed by atoms with Crippen LogP contribution in [0.4, 0.5) is 5.69 Å². The largest absolute Gasteiger partial charge is 0.457 e. The molecule has 6 heteroatoms. The number of amides is 1. The smallest absolute Gasteiger partial charge is 0.338 e. The Morgan fingerprint density at radius 2 is 1.73 bits per heavy atom. The van der Waals surface area contributed by atoms with Gasteiger partial charge in [0, 0.05) is 23.5 Å². The Labute approximate surface area is 192 Å². The zero-order chi connectivity index (χ0) is 23.0. The molecule has 0 unspecified atom stereocenters. The van der Waals surface area contributed by atoms with Crippen molar-refractivity contribution in [3.05, 3.63) is 108 Å². The summed E-state index contributed by atoms with van der Waals surface area (Å²) in [6.07, 6.45) is 4.03. The van der Waals surface area contributed by atoms with Crippen molar-refractivity contribution >= 4 is 28.3 Å². The van der Waals surface area contributed by atoms with Gasteiger partial charge in [-0.25, -0.2) is 4.79 Å². The number of anilines is 1. The summed E-state index contributed by atoms with van der Waals surface area (Å²) in [4.78, 5) is 29.3. The van der Waals surface area contributed by atoms with E-state index in [1.807, 2.05) is 54.6 Å². The molecular formula is C27H25N3O3. The molecule has 3 N–H and O–H groups in total. The zero-order valence-corrected chi connectivity index (χ0v) is 18.1. The number of pyridine rings is 1. The Kier molecular flexibility index (Phi) is 7.07. The molecule has 0 fully saturated rings. The lowest BCUT2D eigenvalue weighted by molar-refractivity contribution is -0.117. The number of rotatable bonds is 8. The summed E-state index contributed by atoms with van der Waals surface area (Å²) in [7, 11) is 0. The number of esters is 1. The van der Waals surface area contributed by atoms with Gasteiger partial charge in [0.05, 0.1) is 11.5 Å². The maximum atomic E-state index is 13.0. The first-order valence-electron chi connectivity index (χ1n) is 10.8. The Bertz CT molecular complexity index is 1240. The molecule has 3 aromatic carbocycles. The van der Waals surface area contributed by atoms with E-state index in [1.165, 1.54) is 0 Å². The highest BCUT2D eigenvalue weighted by Crippen LogP contribution is 2.24. The van der Waals surface area contributed by atoms with Gasteiger partial charge >= 0.3 is 5.97 Å². The second-order valence-electron chi connectivity index (χ2n) is 7.74. The molecule has 1 atom stereocenters. The van der Waals surface area contributed by atoms with Crippen molar-refractivity contribution in [3.63, 3.8) is 0 Å². The van der Waals surface area contributed by atoms with Crippen LogP contribution in [0.3, 0.4) is 0 Å². The van der Waals surface area contributed by atoms with Gasteiger partial charge in [-0.05, 0) is 59.8 Å². The molecule has 0 bridgehead atoms. The van der Waals surface area contributed by atoms with Crippen LogP contribution >= 0.6 is 0 Å². The van der Waals surface area contributed by atoms with Crippen LogP contribution in [0.15, 0.2) is 91.3 Å². The van der Waals surface area contributed by atoms with E-state index in [4.69, 9.17) is 10.5 Å². The van der Waals surface area contributed by atoms with Gasteiger partial charge < -0.3 is 15.8 Å². The van der Waals surface area contributed by atoms with Crippen molar-refractivity contribution in [2.45, 2.75) is 18.9 Å². The number of nitrogens with two attached hydrogens (primary N) is 1. The van der Waals surface area contributed by atoms with Crippen LogP contribution in [-0.4, -0.2) is 23.4 Å². The van der Waals surface area contributed by atoms with Crippen LogP contribution in [0.25, 0.3) is 10.8 Å². The first-order valence-corrected chi connectivity index (χ1v) is 10.8. The average molecular weight is 440 g/mol. The van der Waals surface area contributed by atoms with E-state index in [0.29, 0.717) is 18.5 Å². The highest BCUT2D eigenvalue weighted by atomic mass is 16.5. The van der Waals surface area contributed by atoms with E-state index in [9.17, 15) is 9.59 Å². The predicted octanol–water partition coefficient (Wildman–Crippen LogP) is 4.66. The molecule has 0 spiro atoms. The second-order valence-corrected chi connectivity index (χ2v) is 7.74. The van der Waals surface area contributed by atoms with Gasteiger partial charge in [0.15, 0.2) is 0 Å². The normalized spacial score (nSPS) is 11.7. The number of aromatic nitrogens is 1. The number of carbonyl (C=O) groups is 2. The SMILES string of the molecule is NCC[C@@H](C(=O)Nc1ccc2cnccc2c1)c1ccc(COC(=O)c2ccccc2)cc1. The third-order valence-electron chi connectivity index (χ3n) is 5.44. The minimum absolute atomic E-state index is 0.114. The standard InChI is InChI=1S/C27H25N3O3/c28-14-12-25(26(31)30-24-11-10-23-17-29-15-13-22(23)16-24)20-8-6-19(7-9-20)18-33-27(32)21-4-2-1-3-5-21/h1-11,13,15-17,25H,12,14,18,28H2,(H,30,31)/t25-/m1/s1. The summed E-state index contributed by atoms with van der Waals surface area (Å²) in [6, 6.07) is 24.0. The maximum Gasteiger partial charge on any atom is 0.338 e. The van der Waals surface area contributed by atoms with Crippen LogP contribution in [0, 0.1) is 0 Å². The zero-order valence-electron chi connectivity index (χ0n) is 18.1. The molecule has 33 heavy (non-hydrogen) atoms. The fraction of sp³-hybridized carbons (Fsp3) is 0.148. The number of carbonyl (C=O) groups excluding carboxylic acids is 2. The minimum atomic E-state index is -0.385. The van der Waals surface area contributed by atoms with E-state index in [-0.39, 0.29) is 24.4 Å². The Morgan fingerprint density at radius 1 is 0.939 bits per heavy atom. The average Bonchev–Trinajstić information content (AvgIpc) is 2.86. The fourth-order valence-corrected chi connectivity index (χ4v) is 3.66. The van der Waals surface area contributed by atoms with E-state index in [0.717, 1.165) is 27.6 Å². The number of benzene rings is 3. The van der Waals surface area contributed by atoms with E-state index >= 15 is 0 Å². The number of nitrogens with zero attached hydrogens (tertiary/aromatic N) is 1. The topological polar surface area (TPSA) is 94.3 Å². The molecule has 1 aromatic heterocycles. The second kappa shape index (κ2) is 10.5. The van der Waals surface area contributed by atoms with E-state index in [1.54, 1.807) is 36.7 Å². The summed E-state index contributed by atoms with van der Waals surface area (Å²) in [5.41, 5.74) is 8.74. The third-order valence-corrected chi connectivity index (χ3v) is 5.44. The van der Waals surface area contributed by atoms with Crippen LogP contribution in [0.5, 0.6) is 0 Å². The van der Waals surface area contributed by atoms with Crippen molar-refractivity contribution < 1.29 is 14.3 Å². The van der Waals surface area contributed by atoms with Crippen molar-refractivity contribution in [2.24, 2.45) is 5.73 Å². The van der Waals surface area contributed by atoms with Crippen molar-refractivity contribution in [1.82, 2.24) is 4.98 Å². The number of hydrogen-bond acceptors (Lipinski definition) is 5. The summed E-state index contributed by atoms with van der Waals surface area (Å²) >= 11 is 0. The summed E-state index contributed by atoms with van der Waals surface area (Å²) in [6.45, 7) is 0.547. The number of hydrogen-bond donors (Lipinski definition) is 2. The summed E-state index contributed by atoms with van der Waals surface area (Å²) in [5.74, 6) is -0.868. The predicted molar refractivity (Wildman–Crippen MR) is 129 cm³/mol. The van der Waals surface area contributed by atoms with E-state index in [2.05, 4.69) is 10.3 Å². The van der Waals surface area contributed by atoms with Crippen molar-refractivity contribution in [3.8, 4) is 0 Å². The highest BCUT2D eigenvalue weighted by Gasteiger charge is 2.20. The molecule has 0 aliphatic carbocycles. The van der Waals surface area contributed by atoms with Gasteiger partial charge in [0.25, 0.3) is 0 Å². The molecule has 166 valence electrons. The van der Waals surface area contributed by atoms with Crippen LogP contribution in [0.1, 0.15) is 33.8 Å². The minimum Gasteiger partial charge on any atom is -0.457 e. The Hall–Kier alpha value is -4.03. The van der Waals surface area contributed by atoms with Crippen LogP contribution < -0.4 is 11.1 Å². The molecule has 1 heterocycles.